The van der Waals surface area contributed by atoms with E-state index in [0.717, 1.165) is 24.0 Å². The Morgan fingerprint density at radius 3 is 2.67 bits per heavy atom. The number of hydrogen-bond acceptors (Lipinski definition) is 8. The molecule has 0 saturated heterocycles. The lowest BCUT2D eigenvalue weighted by atomic mass is 10.1. The Kier molecular flexibility index (Phi) is 7.33. The molecule has 1 atom stereocenters. The lowest BCUT2D eigenvalue weighted by Gasteiger charge is -2.24. The summed E-state index contributed by atoms with van der Waals surface area (Å²) in [6.45, 7) is 5.17. The first-order valence-electron chi connectivity index (χ1n) is 11.2. The van der Waals surface area contributed by atoms with Crippen LogP contribution in [0.2, 0.25) is 0 Å². The van der Waals surface area contributed by atoms with Crippen LogP contribution in [0.15, 0.2) is 28.4 Å². The van der Waals surface area contributed by atoms with Crippen molar-refractivity contribution < 1.29 is 19.3 Å². The van der Waals surface area contributed by atoms with Crippen LogP contribution in [0, 0.1) is 0 Å². The van der Waals surface area contributed by atoms with Crippen LogP contribution in [0.5, 0.6) is 11.5 Å². The predicted octanol–water partition coefficient (Wildman–Crippen LogP) is 3.42. The van der Waals surface area contributed by atoms with Gasteiger partial charge >= 0.3 is 0 Å². The van der Waals surface area contributed by atoms with Crippen LogP contribution < -0.4 is 15.0 Å². The molecule has 1 aliphatic carbocycles. The van der Waals surface area contributed by atoms with E-state index in [1.807, 2.05) is 37.4 Å². The Morgan fingerprint density at radius 2 is 2.00 bits per heavy atom. The van der Waals surface area contributed by atoms with Crippen molar-refractivity contribution in [2.24, 2.45) is 0 Å². The Morgan fingerprint density at radius 1 is 1.24 bits per heavy atom. The normalized spacial score (nSPS) is 14.9. The molecule has 1 aliphatic rings. The van der Waals surface area contributed by atoms with Crippen LogP contribution >= 0.6 is 11.3 Å². The number of aromatic nitrogens is 2. The summed E-state index contributed by atoms with van der Waals surface area (Å²) in [6.07, 6.45) is 1.68. The highest BCUT2D eigenvalue weighted by atomic mass is 32.1. The highest BCUT2D eigenvalue weighted by Gasteiger charge is 2.31. The zero-order valence-corrected chi connectivity index (χ0v) is 20.3. The predicted molar refractivity (Wildman–Crippen MR) is 129 cm³/mol. The maximum absolute atomic E-state index is 13.1. The van der Waals surface area contributed by atoms with Gasteiger partial charge in [0.15, 0.2) is 11.5 Å². The van der Waals surface area contributed by atoms with Gasteiger partial charge in [-0.1, -0.05) is 6.07 Å². The fourth-order valence-corrected chi connectivity index (χ4v) is 4.85. The quantitative estimate of drug-likeness (QED) is 0.440. The van der Waals surface area contributed by atoms with Gasteiger partial charge in [0.05, 0.1) is 45.0 Å². The van der Waals surface area contributed by atoms with E-state index < -0.39 is 6.10 Å². The zero-order valence-electron chi connectivity index (χ0n) is 19.5. The molecule has 0 spiro atoms. The van der Waals surface area contributed by atoms with Crippen molar-refractivity contribution in [3.05, 3.63) is 39.8 Å². The number of benzene rings is 1. The molecule has 9 heteroatoms. The van der Waals surface area contributed by atoms with Crippen LogP contribution in [0.4, 0.5) is 0 Å². The summed E-state index contributed by atoms with van der Waals surface area (Å²) in [5.74, 6) is 1.85. The number of rotatable bonds is 11. The van der Waals surface area contributed by atoms with Gasteiger partial charge in [0.1, 0.15) is 10.7 Å². The average Bonchev–Trinajstić information content (AvgIpc) is 3.56. The van der Waals surface area contributed by atoms with E-state index in [2.05, 4.69) is 9.88 Å². The number of hydrogen-bond donors (Lipinski definition) is 2. The van der Waals surface area contributed by atoms with Gasteiger partial charge in [-0.15, -0.1) is 11.3 Å². The first-order chi connectivity index (χ1) is 15.9. The lowest BCUT2D eigenvalue weighted by molar-refractivity contribution is -0.0110. The molecule has 0 radical (unpaired) electrons. The van der Waals surface area contributed by atoms with Crippen molar-refractivity contribution >= 4 is 21.6 Å². The molecule has 4 rings (SSSR count). The third kappa shape index (κ3) is 5.55. The molecule has 1 unspecified atom stereocenters. The summed E-state index contributed by atoms with van der Waals surface area (Å²) in [7, 11) is 3.18. The minimum Gasteiger partial charge on any atom is -0.493 e. The minimum atomic E-state index is -0.582. The largest absolute Gasteiger partial charge is 0.493 e. The van der Waals surface area contributed by atoms with E-state index in [-0.39, 0.29) is 11.7 Å². The summed E-state index contributed by atoms with van der Waals surface area (Å²) in [5.41, 5.74) is 1.52. The first kappa shape index (κ1) is 23.7. The van der Waals surface area contributed by atoms with E-state index in [0.29, 0.717) is 53.3 Å². The van der Waals surface area contributed by atoms with Crippen molar-refractivity contribution in [1.29, 1.82) is 0 Å². The number of fused-ring (bicyclic) bond motifs is 1. The maximum atomic E-state index is 13.1. The summed E-state index contributed by atoms with van der Waals surface area (Å²) in [4.78, 5) is 23.6. The van der Waals surface area contributed by atoms with E-state index in [4.69, 9.17) is 19.2 Å². The highest BCUT2D eigenvalue weighted by Crippen LogP contribution is 2.36. The molecule has 0 amide bonds. The standard InChI is InChI=1S/C24H31N3O5S/c1-14(2)32-12-17(28)10-27(16-6-7-16)11-21-25-23(29)22-18(13-33-24(22)26-21)15-5-8-19(30-3)20(9-15)31-4/h5,8-9,13-14,16-17,28H,6-7,10-12H2,1-4H3,(H,25,26,29). The van der Waals surface area contributed by atoms with E-state index in [1.165, 1.54) is 11.3 Å². The average molecular weight is 474 g/mol. The van der Waals surface area contributed by atoms with Crippen molar-refractivity contribution in [3.63, 3.8) is 0 Å². The summed E-state index contributed by atoms with van der Waals surface area (Å²) in [5, 5.41) is 12.9. The molecule has 2 N–H and O–H groups in total. The van der Waals surface area contributed by atoms with Gasteiger partial charge in [-0.3, -0.25) is 9.69 Å². The second-order valence-electron chi connectivity index (χ2n) is 8.61. The first-order valence-corrected chi connectivity index (χ1v) is 12.0. The summed E-state index contributed by atoms with van der Waals surface area (Å²) >= 11 is 1.45. The zero-order chi connectivity index (χ0) is 23.5. The van der Waals surface area contributed by atoms with Gasteiger partial charge in [-0.2, -0.15) is 0 Å². The van der Waals surface area contributed by atoms with Gasteiger partial charge in [-0.05, 0) is 44.4 Å². The number of aromatic amines is 1. The minimum absolute atomic E-state index is 0.0770. The molecule has 1 saturated carbocycles. The van der Waals surface area contributed by atoms with Crippen molar-refractivity contribution in [1.82, 2.24) is 14.9 Å². The van der Waals surface area contributed by atoms with Gasteiger partial charge < -0.3 is 24.3 Å². The molecule has 0 bridgehead atoms. The van der Waals surface area contributed by atoms with Gasteiger partial charge in [0.2, 0.25) is 0 Å². The van der Waals surface area contributed by atoms with Gasteiger partial charge in [0, 0.05) is 23.5 Å². The summed E-state index contributed by atoms with van der Waals surface area (Å²) < 4.78 is 16.3. The lowest BCUT2D eigenvalue weighted by Crippen LogP contribution is -2.37. The molecule has 2 heterocycles. The highest BCUT2D eigenvalue weighted by molar-refractivity contribution is 7.17. The number of nitrogens with zero attached hydrogens (tertiary/aromatic N) is 2. The summed E-state index contributed by atoms with van der Waals surface area (Å²) in [6, 6.07) is 6.01. The smallest absolute Gasteiger partial charge is 0.260 e. The fraction of sp³-hybridized carbons (Fsp3) is 0.500. The molecule has 1 fully saturated rings. The Labute approximate surface area is 197 Å². The number of H-pyrrole nitrogens is 1. The van der Waals surface area contributed by atoms with E-state index in [1.54, 1.807) is 14.2 Å². The monoisotopic (exact) mass is 473 g/mol. The van der Waals surface area contributed by atoms with E-state index >= 15 is 0 Å². The van der Waals surface area contributed by atoms with Crippen molar-refractivity contribution in [2.75, 3.05) is 27.4 Å². The molecular weight excluding hydrogens is 442 g/mol. The van der Waals surface area contributed by atoms with Crippen LogP contribution in [-0.4, -0.2) is 65.6 Å². The van der Waals surface area contributed by atoms with Crippen LogP contribution in [0.25, 0.3) is 21.3 Å². The third-order valence-electron chi connectivity index (χ3n) is 5.67. The third-order valence-corrected chi connectivity index (χ3v) is 6.54. The Hall–Kier alpha value is -2.46. The number of aliphatic hydroxyl groups excluding tert-OH is 1. The van der Waals surface area contributed by atoms with Gasteiger partial charge in [-0.25, -0.2) is 4.98 Å². The molecule has 1 aromatic carbocycles. The molecule has 3 aromatic rings. The van der Waals surface area contributed by atoms with Gasteiger partial charge in [0.25, 0.3) is 5.56 Å². The second kappa shape index (κ2) is 10.2. The van der Waals surface area contributed by atoms with Crippen molar-refractivity contribution in [2.45, 2.75) is 51.5 Å². The van der Waals surface area contributed by atoms with Crippen LogP contribution in [0.3, 0.4) is 0 Å². The number of ether oxygens (including phenoxy) is 3. The Bertz CT molecular complexity index is 1150. The number of nitrogens with one attached hydrogen (secondary N) is 1. The van der Waals surface area contributed by atoms with E-state index in [9.17, 15) is 9.90 Å². The molecule has 0 aliphatic heterocycles. The SMILES string of the molecule is COc1ccc(-c2csc3nc(CN(CC(O)COC(C)C)C4CC4)[nH]c(=O)c23)cc1OC. The number of aliphatic hydroxyl groups is 1. The Balaban J connectivity index is 1.57. The fourth-order valence-electron chi connectivity index (χ4n) is 3.89. The van der Waals surface area contributed by atoms with Crippen molar-refractivity contribution in [3.8, 4) is 22.6 Å². The molecule has 2 aromatic heterocycles. The molecule has 33 heavy (non-hydrogen) atoms. The number of thiophene rings is 1. The maximum Gasteiger partial charge on any atom is 0.260 e. The second-order valence-corrected chi connectivity index (χ2v) is 9.47. The molecular formula is C24H31N3O5S. The molecule has 178 valence electrons. The topological polar surface area (TPSA) is 96.9 Å². The van der Waals surface area contributed by atoms with Crippen LogP contribution in [0.1, 0.15) is 32.5 Å². The van der Waals surface area contributed by atoms with Crippen LogP contribution in [-0.2, 0) is 11.3 Å². The molecule has 8 nitrogen and oxygen atoms in total. The number of methoxy groups -OCH3 is 2.